The van der Waals surface area contributed by atoms with Crippen LogP contribution in [0.1, 0.15) is 48.7 Å². The number of carbonyl (C=O) groups is 1. The van der Waals surface area contributed by atoms with Crippen LogP contribution in [0.4, 0.5) is 10.9 Å². The van der Waals surface area contributed by atoms with Crippen molar-refractivity contribution in [2.45, 2.75) is 39.0 Å². The lowest BCUT2D eigenvalue weighted by atomic mass is 10.2. The first-order valence-electron chi connectivity index (χ1n) is 7.17. The van der Waals surface area contributed by atoms with Gasteiger partial charge in [0.2, 0.25) is 0 Å². The molecule has 0 saturated carbocycles. The molecule has 110 valence electrons. The van der Waals surface area contributed by atoms with Crippen LogP contribution in [0.2, 0.25) is 0 Å². The summed E-state index contributed by atoms with van der Waals surface area (Å²) in [7, 11) is 0. The average molecular weight is 294 g/mol. The van der Waals surface area contributed by atoms with Gasteiger partial charge >= 0.3 is 0 Å². The van der Waals surface area contributed by atoms with E-state index in [0.29, 0.717) is 22.4 Å². The number of anilines is 2. The molecular weight excluding hydrogens is 272 g/mol. The predicted molar refractivity (Wildman–Crippen MR) is 84.2 cm³/mol. The van der Waals surface area contributed by atoms with Crippen LogP contribution in [-0.2, 0) is 0 Å². The molecule has 2 rings (SSSR count). The number of hydrogen-bond acceptors (Lipinski definition) is 5. The highest BCUT2D eigenvalue weighted by Crippen LogP contribution is 2.25. The number of nitrogen functional groups attached to an aromatic ring is 1. The topological polar surface area (TPSA) is 80.0 Å². The molecule has 1 aliphatic rings. The SMILES string of the molecule is CCCNc1nc(N)c(C(=O)NCCC2=CCCC2)s1. The molecule has 1 aliphatic carbocycles. The first kappa shape index (κ1) is 14.8. The fourth-order valence-corrected chi connectivity index (χ4v) is 3.01. The zero-order chi connectivity index (χ0) is 14.4. The molecule has 4 N–H and O–H groups in total. The van der Waals surface area contributed by atoms with E-state index in [1.54, 1.807) is 0 Å². The largest absolute Gasteiger partial charge is 0.382 e. The maximum absolute atomic E-state index is 12.1. The van der Waals surface area contributed by atoms with Gasteiger partial charge in [-0.2, -0.15) is 0 Å². The van der Waals surface area contributed by atoms with E-state index in [1.807, 2.05) is 0 Å². The lowest BCUT2D eigenvalue weighted by Crippen LogP contribution is -2.24. The van der Waals surface area contributed by atoms with Gasteiger partial charge in [0.15, 0.2) is 5.13 Å². The van der Waals surface area contributed by atoms with Crippen molar-refractivity contribution in [3.63, 3.8) is 0 Å². The van der Waals surface area contributed by atoms with Crippen LogP contribution in [-0.4, -0.2) is 24.0 Å². The number of nitrogens with two attached hydrogens (primary N) is 1. The van der Waals surface area contributed by atoms with Gasteiger partial charge in [-0.15, -0.1) is 0 Å². The van der Waals surface area contributed by atoms with Crippen molar-refractivity contribution in [2.75, 3.05) is 24.1 Å². The molecule has 1 amide bonds. The molecule has 0 unspecified atom stereocenters. The van der Waals surface area contributed by atoms with Crippen molar-refractivity contribution in [1.82, 2.24) is 10.3 Å². The number of rotatable bonds is 7. The van der Waals surface area contributed by atoms with E-state index in [0.717, 1.165) is 19.4 Å². The van der Waals surface area contributed by atoms with Gasteiger partial charge in [0.1, 0.15) is 10.7 Å². The molecule has 20 heavy (non-hydrogen) atoms. The second kappa shape index (κ2) is 7.28. The lowest BCUT2D eigenvalue weighted by molar-refractivity contribution is 0.0959. The normalized spacial score (nSPS) is 14.2. The molecule has 0 aliphatic heterocycles. The van der Waals surface area contributed by atoms with Crippen molar-refractivity contribution in [3.8, 4) is 0 Å². The van der Waals surface area contributed by atoms with Crippen molar-refractivity contribution >= 4 is 28.2 Å². The van der Waals surface area contributed by atoms with Crippen molar-refractivity contribution in [3.05, 3.63) is 16.5 Å². The summed E-state index contributed by atoms with van der Waals surface area (Å²) >= 11 is 1.32. The fourth-order valence-electron chi connectivity index (χ4n) is 2.18. The summed E-state index contributed by atoms with van der Waals surface area (Å²) in [5, 5.41) is 6.78. The maximum Gasteiger partial charge on any atom is 0.265 e. The Bertz CT molecular complexity index is 495. The molecule has 0 spiro atoms. The van der Waals surface area contributed by atoms with E-state index >= 15 is 0 Å². The molecule has 1 aromatic heterocycles. The van der Waals surface area contributed by atoms with E-state index in [1.165, 1.54) is 36.2 Å². The number of carbonyl (C=O) groups excluding carboxylic acids is 1. The molecule has 6 heteroatoms. The Hall–Kier alpha value is -1.56. The Morgan fingerprint density at radius 3 is 3.05 bits per heavy atom. The third-order valence-electron chi connectivity index (χ3n) is 3.25. The van der Waals surface area contributed by atoms with Crippen LogP contribution < -0.4 is 16.4 Å². The number of nitrogens with zero attached hydrogens (tertiary/aromatic N) is 1. The van der Waals surface area contributed by atoms with Gasteiger partial charge in [0, 0.05) is 13.1 Å². The molecule has 0 atom stereocenters. The minimum Gasteiger partial charge on any atom is -0.382 e. The summed E-state index contributed by atoms with van der Waals surface area (Å²) in [6.07, 6.45) is 7.82. The standard InChI is InChI=1S/C14H22N4OS/c1-2-8-17-14-18-12(15)11(20-14)13(19)16-9-7-10-5-3-4-6-10/h5H,2-4,6-9,15H2,1H3,(H,16,19)(H,17,18). The van der Waals surface area contributed by atoms with Crippen molar-refractivity contribution in [2.24, 2.45) is 0 Å². The molecule has 1 aromatic rings. The van der Waals surface area contributed by atoms with Gasteiger partial charge < -0.3 is 16.4 Å². The maximum atomic E-state index is 12.1. The molecule has 0 aromatic carbocycles. The van der Waals surface area contributed by atoms with E-state index in [-0.39, 0.29) is 5.91 Å². The summed E-state index contributed by atoms with van der Waals surface area (Å²) in [5.41, 5.74) is 7.25. The minimum absolute atomic E-state index is 0.122. The molecule has 1 heterocycles. The Morgan fingerprint density at radius 1 is 1.50 bits per heavy atom. The zero-order valence-electron chi connectivity index (χ0n) is 11.9. The monoisotopic (exact) mass is 294 g/mol. The van der Waals surface area contributed by atoms with E-state index in [9.17, 15) is 4.79 Å². The smallest absolute Gasteiger partial charge is 0.265 e. The number of nitrogens with one attached hydrogen (secondary N) is 2. The van der Waals surface area contributed by atoms with Crippen molar-refractivity contribution in [1.29, 1.82) is 0 Å². The van der Waals surface area contributed by atoms with E-state index in [4.69, 9.17) is 5.73 Å². The van der Waals surface area contributed by atoms with Gasteiger partial charge in [0.25, 0.3) is 5.91 Å². The number of amides is 1. The number of aromatic nitrogens is 1. The minimum atomic E-state index is -0.122. The molecular formula is C14H22N4OS. The second-order valence-corrected chi connectivity index (χ2v) is 5.92. The van der Waals surface area contributed by atoms with Gasteiger partial charge in [-0.25, -0.2) is 4.98 Å². The van der Waals surface area contributed by atoms with Gasteiger partial charge in [-0.3, -0.25) is 4.79 Å². The Balaban J connectivity index is 1.83. The Morgan fingerprint density at radius 2 is 2.35 bits per heavy atom. The van der Waals surface area contributed by atoms with Gasteiger partial charge in [0.05, 0.1) is 0 Å². The third kappa shape index (κ3) is 3.96. The van der Waals surface area contributed by atoms with Crippen LogP contribution >= 0.6 is 11.3 Å². The summed E-state index contributed by atoms with van der Waals surface area (Å²) in [5.74, 6) is 0.189. The van der Waals surface area contributed by atoms with E-state index in [2.05, 4.69) is 28.6 Å². The number of allylic oxidation sites excluding steroid dienone is 1. The first-order chi connectivity index (χ1) is 9.70. The molecule has 0 saturated heterocycles. The average Bonchev–Trinajstić information content (AvgIpc) is 3.06. The van der Waals surface area contributed by atoms with Crippen LogP contribution in [0.25, 0.3) is 0 Å². The summed E-state index contributed by atoms with van der Waals surface area (Å²) < 4.78 is 0. The highest BCUT2D eigenvalue weighted by molar-refractivity contribution is 7.18. The molecule has 0 radical (unpaired) electrons. The molecule has 0 fully saturated rings. The second-order valence-electron chi connectivity index (χ2n) is 4.92. The number of thiazole rings is 1. The summed E-state index contributed by atoms with van der Waals surface area (Å²) in [4.78, 5) is 16.7. The van der Waals surface area contributed by atoms with Gasteiger partial charge in [-0.1, -0.05) is 29.9 Å². The van der Waals surface area contributed by atoms with Crippen LogP contribution in [0, 0.1) is 0 Å². The predicted octanol–water partition coefficient (Wildman–Crippen LogP) is 2.78. The third-order valence-corrected chi connectivity index (χ3v) is 4.28. The molecule has 5 nitrogen and oxygen atoms in total. The van der Waals surface area contributed by atoms with E-state index < -0.39 is 0 Å². The fraction of sp³-hybridized carbons (Fsp3) is 0.571. The Kier molecular flexibility index (Phi) is 5.40. The Labute approximate surface area is 123 Å². The summed E-state index contributed by atoms with van der Waals surface area (Å²) in [6.45, 7) is 3.58. The highest BCUT2D eigenvalue weighted by atomic mass is 32.1. The quantitative estimate of drug-likeness (QED) is 0.676. The van der Waals surface area contributed by atoms with Crippen LogP contribution in [0.3, 0.4) is 0 Å². The molecule has 0 bridgehead atoms. The van der Waals surface area contributed by atoms with Crippen LogP contribution in [0.15, 0.2) is 11.6 Å². The van der Waals surface area contributed by atoms with Crippen molar-refractivity contribution < 1.29 is 4.79 Å². The lowest BCUT2D eigenvalue weighted by Gasteiger charge is -2.04. The highest BCUT2D eigenvalue weighted by Gasteiger charge is 2.15. The summed E-state index contributed by atoms with van der Waals surface area (Å²) in [6, 6.07) is 0. The number of hydrogen-bond donors (Lipinski definition) is 3. The zero-order valence-corrected chi connectivity index (χ0v) is 12.7. The van der Waals surface area contributed by atoms with Gasteiger partial charge in [-0.05, 0) is 32.1 Å². The first-order valence-corrected chi connectivity index (χ1v) is 7.98. The van der Waals surface area contributed by atoms with Crippen LogP contribution in [0.5, 0.6) is 0 Å².